The van der Waals surface area contributed by atoms with Gasteiger partial charge in [0.25, 0.3) is 0 Å². The summed E-state index contributed by atoms with van der Waals surface area (Å²) in [5.74, 6) is 0.995. The van der Waals surface area contributed by atoms with Crippen molar-refractivity contribution in [1.29, 1.82) is 0 Å². The third kappa shape index (κ3) is 3.60. The van der Waals surface area contributed by atoms with E-state index in [4.69, 9.17) is 5.73 Å². The topological polar surface area (TPSA) is 26.0 Å². The molecule has 2 aromatic carbocycles. The standard InChI is InChI=1S/C14H14BrNS/c15-14-8-13(7-6-12(14)9-16)17-10-11-4-2-1-3-5-11/h1-8H,9-10,16H2. The first-order valence-electron chi connectivity index (χ1n) is 5.45. The minimum absolute atomic E-state index is 0.574. The maximum absolute atomic E-state index is 5.63. The van der Waals surface area contributed by atoms with Crippen molar-refractivity contribution in [3.05, 3.63) is 64.1 Å². The van der Waals surface area contributed by atoms with Crippen molar-refractivity contribution < 1.29 is 0 Å². The second kappa shape index (κ2) is 6.24. The summed E-state index contributed by atoms with van der Waals surface area (Å²) >= 11 is 5.38. The molecule has 0 atom stereocenters. The van der Waals surface area contributed by atoms with Crippen LogP contribution in [0.5, 0.6) is 0 Å². The predicted octanol–water partition coefficient (Wildman–Crippen LogP) is 4.20. The molecule has 0 saturated carbocycles. The van der Waals surface area contributed by atoms with E-state index in [0.717, 1.165) is 15.8 Å². The fourth-order valence-electron chi connectivity index (χ4n) is 1.52. The lowest BCUT2D eigenvalue weighted by Gasteiger charge is -2.05. The van der Waals surface area contributed by atoms with E-state index in [1.807, 2.05) is 17.8 Å². The molecule has 2 aromatic rings. The molecule has 0 aromatic heterocycles. The Bertz CT molecular complexity index is 485. The number of hydrogen-bond acceptors (Lipinski definition) is 2. The van der Waals surface area contributed by atoms with E-state index in [-0.39, 0.29) is 0 Å². The molecule has 0 saturated heterocycles. The van der Waals surface area contributed by atoms with Crippen LogP contribution in [0, 0.1) is 0 Å². The van der Waals surface area contributed by atoms with Crippen molar-refractivity contribution in [3.8, 4) is 0 Å². The molecule has 88 valence electrons. The van der Waals surface area contributed by atoms with E-state index in [2.05, 4.69) is 58.4 Å². The molecular weight excluding hydrogens is 294 g/mol. The molecular formula is C14H14BrNS. The largest absolute Gasteiger partial charge is 0.326 e. The molecule has 0 aliphatic rings. The van der Waals surface area contributed by atoms with Gasteiger partial charge in [-0.15, -0.1) is 11.8 Å². The van der Waals surface area contributed by atoms with Crippen molar-refractivity contribution in [3.63, 3.8) is 0 Å². The quantitative estimate of drug-likeness (QED) is 0.857. The molecule has 1 nitrogen and oxygen atoms in total. The maximum atomic E-state index is 5.63. The first-order chi connectivity index (χ1) is 8.29. The Kier molecular flexibility index (Phi) is 4.66. The molecule has 17 heavy (non-hydrogen) atoms. The molecule has 0 aliphatic carbocycles. The summed E-state index contributed by atoms with van der Waals surface area (Å²) < 4.78 is 1.10. The van der Waals surface area contributed by atoms with Gasteiger partial charge in [0.05, 0.1) is 0 Å². The predicted molar refractivity (Wildman–Crippen MR) is 78.0 cm³/mol. The number of benzene rings is 2. The zero-order chi connectivity index (χ0) is 12.1. The van der Waals surface area contributed by atoms with Gasteiger partial charge in [0.1, 0.15) is 0 Å². The van der Waals surface area contributed by atoms with Crippen LogP contribution >= 0.6 is 27.7 Å². The summed E-state index contributed by atoms with van der Waals surface area (Å²) in [5.41, 5.74) is 8.12. The second-order valence-electron chi connectivity index (χ2n) is 3.73. The highest BCUT2D eigenvalue weighted by Crippen LogP contribution is 2.27. The summed E-state index contributed by atoms with van der Waals surface area (Å²) in [4.78, 5) is 1.26. The number of hydrogen-bond donors (Lipinski definition) is 1. The highest BCUT2D eigenvalue weighted by molar-refractivity contribution is 9.10. The summed E-state index contributed by atoms with van der Waals surface area (Å²) in [6.07, 6.45) is 0. The summed E-state index contributed by atoms with van der Waals surface area (Å²) in [5, 5.41) is 0. The van der Waals surface area contributed by atoms with Gasteiger partial charge in [-0.2, -0.15) is 0 Å². The molecule has 0 heterocycles. The Balaban J connectivity index is 2.02. The zero-order valence-corrected chi connectivity index (χ0v) is 11.8. The number of thioether (sulfide) groups is 1. The van der Waals surface area contributed by atoms with Crippen LogP contribution in [0.4, 0.5) is 0 Å². The molecule has 0 fully saturated rings. The van der Waals surface area contributed by atoms with Crippen LogP contribution in [-0.2, 0) is 12.3 Å². The van der Waals surface area contributed by atoms with Gasteiger partial charge in [0.2, 0.25) is 0 Å². The Hall–Kier alpha value is -0.770. The Morgan fingerprint density at radius 2 is 1.82 bits per heavy atom. The monoisotopic (exact) mass is 307 g/mol. The summed E-state index contributed by atoms with van der Waals surface area (Å²) in [6, 6.07) is 16.8. The molecule has 0 radical (unpaired) electrons. The van der Waals surface area contributed by atoms with Crippen LogP contribution in [0.15, 0.2) is 57.9 Å². The number of halogens is 1. The van der Waals surface area contributed by atoms with Crippen molar-refractivity contribution in [2.45, 2.75) is 17.2 Å². The molecule has 2 N–H and O–H groups in total. The smallest absolute Gasteiger partial charge is 0.0231 e. The molecule has 0 amide bonds. The molecule has 3 heteroatoms. The Labute approximate surface area is 115 Å². The normalized spacial score (nSPS) is 10.5. The van der Waals surface area contributed by atoms with Gasteiger partial charge >= 0.3 is 0 Å². The van der Waals surface area contributed by atoms with E-state index < -0.39 is 0 Å². The van der Waals surface area contributed by atoms with Crippen LogP contribution in [-0.4, -0.2) is 0 Å². The van der Waals surface area contributed by atoms with Crippen LogP contribution in [0.3, 0.4) is 0 Å². The highest BCUT2D eigenvalue weighted by atomic mass is 79.9. The first-order valence-corrected chi connectivity index (χ1v) is 7.22. The van der Waals surface area contributed by atoms with Gasteiger partial charge in [-0.3, -0.25) is 0 Å². The third-order valence-corrected chi connectivity index (χ3v) is 4.30. The molecule has 0 aliphatic heterocycles. The lowest BCUT2D eigenvalue weighted by atomic mass is 10.2. The minimum Gasteiger partial charge on any atom is -0.326 e. The lowest BCUT2D eigenvalue weighted by Crippen LogP contribution is -1.96. The number of nitrogens with two attached hydrogens (primary N) is 1. The van der Waals surface area contributed by atoms with Crippen molar-refractivity contribution in [2.75, 3.05) is 0 Å². The SMILES string of the molecule is NCc1ccc(SCc2ccccc2)cc1Br. The molecule has 0 bridgehead atoms. The third-order valence-electron chi connectivity index (χ3n) is 2.49. The fourth-order valence-corrected chi connectivity index (χ4v) is 3.11. The average Bonchev–Trinajstić information content (AvgIpc) is 2.38. The Morgan fingerprint density at radius 1 is 1.06 bits per heavy atom. The lowest BCUT2D eigenvalue weighted by molar-refractivity contribution is 1.05. The van der Waals surface area contributed by atoms with Gasteiger partial charge in [-0.05, 0) is 23.3 Å². The van der Waals surface area contributed by atoms with Crippen LogP contribution in [0.25, 0.3) is 0 Å². The first kappa shape index (κ1) is 12.7. The van der Waals surface area contributed by atoms with E-state index >= 15 is 0 Å². The van der Waals surface area contributed by atoms with E-state index in [9.17, 15) is 0 Å². The van der Waals surface area contributed by atoms with Crippen molar-refractivity contribution in [2.24, 2.45) is 5.73 Å². The summed E-state index contributed by atoms with van der Waals surface area (Å²) in [7, 11) is 0. The molecule has 0 spiro atoms. The van der Waals surface area contributed by atoms with Crippen LogP contribution < -0.4 is 5.73 Å². The minimum atomic E-state index is 0.574. The van der Waals surface area contributed by atoms with Gasteiger partial charge in [0, 0.05) is 21.7 Å². The summed E-state index contributed by atoms with van der Waals surface area (Å²) in [6.45, 7) is 0.574. The zero-order valence-electron chi connectivity index (χ0n) is 9.40. The fraction of sp³-hybridized carbons (Fsp3) is 0.143. The van der Waals surface area contributed by atoms with E-state index in [0.29, 0.717) is 6.54 Å². The average molecular weight is 308 g/mol. The van der Waals surface area contributed by atoms with E-state index in [1.54, 1.807) is 0 Å². The molecule has 0 unspecified atom stereocenters. The maximum Gasteiger partial charge on any atom is 0.0231 e. The van der Waals surface area contributed by atoms with Crippen LogP contribution in [0.2, 0.25) is 0 Å². The second-order valence-corrected chi connectivity index (χ2v) is 5.63. The van der Waals surface area contributed by atoms with Crippen molar-refractivity contribution in [1.82, 2.24) is 0 Å². The van der Waals surface area contributed by atoms with Gasteiger partial charge in [0.15, 0.2) is 0 Å². The van der Waals surface area contributed by atoms with Gasteiger partial charge < -0.3 is 5.73 Å². The van der Waals surface area contributed by atoms with Crippen molar-refractivity contribution >= 4 is 27.7 Å². The number of rotatable bonds is 4. The Morgan fingerprint density at radius 3 is 2.47 bits per heavy atom. The van der Waals surface area contributed by atoms with Gasteiger partial charge in [-0.1, -0.05) is 52.3 Å². The van der Waals surface area contributed by atoms with Crippen LogP contribution in [0.1, 0.15) is 11.1 Å². The van der Waals surface area contributed by atoms with Gasteiger partial charge in [-0.25, -0.2) is 0 Å². The highest BCUT2D eigenvalue weighted by Gasteiger charge is 2.01. The molecule has 2 rings (SSSR count). The van der Waals surface area contributed by atoms with E-state index in [1.165, 1.54) is 10.5 Å².